The Morgan fingerprint density at radius 1 is 1.00 bits per heavy atom. The van der Waals surface area contributed by atoms with Crippen molar-refractivity contribution < 1.29 is 0 Å². The minimum Gasteiger partial charge on any atom is -0.320 e. The van der Waals surface area contributed by atoms with Crippen LogP contribution >= 0.6 is 0 Å². The molecule has 1 unspecified atom stereocenters. The first-order chi connectivity index (χ1) is 9.08. The van der Waals surface area contributed by atoms with Gasteiger partial charge in [-0.25, -0.2) is 0 Å². The van der Waals surface area contributed by atoms with E-state index in [1.165, 1.54) is 22.3 Å². The van der Waals surface area contributed by atoms with Gasteiger partial charge < -0.3 is 5.73 Å². The average molecular weight is 253 g/mol. The maximum Gasteiger partial charge on any atom is 0.0554 e. The highest BCUT2D eigenvalue weighted by Gasteiger charge is 2.11. The van der Waals surface area contributed by atoms with Crippen LogP contribution in [0.15, 0.2) is 48.5 Å². The van der Waals surface area contributed by atoms with E-state index in [2.05, 4.69) is 69.3 Å². The first kappa shape index (κ1) is 13.8. The quantitative estimate of drug-likeness (QED) is 0.866. The van der Waals surface area contributed by atoms with Crippen LogP contribution in [-0.2, 0) is 6.42 Å². The fourth-order valence-corrected chi connectivity index (χ4v) is 2.50. The fourth-order valence-electron chi connectivity index (χ4n) is 2.50. The second-order valence-corrected chi connectivity index (χ2v) is 5.68. The van der Waals surface area contributed by atoms with Gasteiger partial charge in [0.15, 0.2) is 0 Å². The van der Waals surface area contributed by atoms with Crippen LogP contribution in [0.25, 0.3) is 0 Å². The van der Waals surface area contributed by atoms with Gasteiger partial charge in [-0.3, -0.25) is 0 Å². The molecule has 0 aliphatic rings. The molecule has 2 aromatic carbocycles. The smallest absolute Gasteiger partial charge is 0.0554 e. The number of hydrogen-bond donors (Lipinski definition) is 1. The number of benzene rings is 2. The molecule has 0 saturated heterocycles. The van der Waals surface area contributed by atoms with Gasteiger partial charge in [0, 0.05) is 0 Å². The van der Waals surface area contributed by atoms with Gasteiger partial charge in [0.25, 0.3) is 0 Å². The summed E-state index contributed by atoms with van der Waals surface area (Å²) >= 11 is 0. The molecule has 0 radical (unpaired) electrons. The summed E-state index contributed by atoms with van der Waals surface area (Å²) in [6.45, 7) is 6.61. The highest BCUT2D eigenvalue weighted by atomic mass is 14.6. The minimum atomic E-state index is -0.0340. The molecule has 0 aliphatic heterocycles. The first-order valence-electron chi connectivity index (χ1n) is 6.98. The van der Waals surface area contributed by atoms with Crippen molar-refractivity contribution in [2.45, 2.75) is 33.2 Å². The molecular formula is C18H23N. The lowest BCUT2D eigenvalue weighted by Gasteiger charge is -2.16. The van der Waals surface area contributed by atoms with Gasteiger partial charge >= 0.3 is 0 Å². The Bertz CT molecular complexity index is 543. The first-order valence-corrected chi connectivity index (χ1v) is 6.98. The summed E-state index contributed by atoms with van der Waals surface area (Å²) in [6, 6.07) is 17.0. The van der Waals surface area contributed by atoms with Crippen molar-refractivity contribution in [3.05, 3.63) is 70.8 Å². The zero-order chi connectivity index (χ0) is 13.8. The van der Waals surface area contributed by atoms with Crippen molar-refractivity contribution in [2.24, 2.45) is 11.7 Å². The molecule has 0 heterocycles. The zero-order valence-electron chi connectivity index (χ0n) is 12.1. The summed E-state index contributed by atoms with van der Waals surface area (Å²) in [5.41, 5.74) is 11.5. The van der Waals surface area contributed by atoms with Gasteiger partial charge in [-0.2, -0.15) is 0 Å². The Hall–Kier alpha value is -1.60. The van der Waals surface area contributed by atoms with Crippen LogP contribution in [0.2, 0.25) is 0 Å². The Balaban J connectivity index is 2.29. The van der Waals surface area contributed by atoms with Gasteiger partial charge in [0.05, 0.1) is 6.04 Å². The molecule has 0 spiro atoms. The van der Waals surface area contributed by atoms with E-state index in [4.69, 9.17) is 5.73 Å². The molecule has 2 N–H and O–H groups in total. The van der Waals surface area contributed by atoms with Crippen LogP contribution in [0, 0.1) is 12.8 Å². The molecule has 0 bridgehead atoms. The van der Waals surface area contributed by atoms with Crippen molar-refractivity contribution in [3.8, 4) is 0 Å². The Labute approximate surface area is 116 Å². The van der Waals surface area contributed by atoms with E-state index in [0.717, 1.165) is 6.42 Å². The Morgan fingerprint density at radius 2 is 1.74 bits per heavy atom. The van der Waals surface area contributed by atoms with E-state index in [0.29, 0.717) is 5.92 Å². The van der Waals surface area contributed by atoms with Crippen molar-refractivity contribution >= 4 is 0 Å². The lowest BCUT2D eigenvalue weighted by atomic mass is 9.93. The predicted molar refractivity (Wildman–Crippen MR) is 82.2 cm³/mol. The van der Waals surface area contributed by atoms with E-state index in [-0.39, 0.29) is 6.04 Å². The summed E-state index contributed by atoms with van der Waals surface area (Å²) in [7, 11) is 0. The highest BCUT2D eigenvalue weighted by molar-refractivity contribution is 5.37. The third-order valence-electron chi connectivity index (χ3n) is 3.48. The van der Waals surface area contributed by atoms with Gasteiger partial charge in [-0.1, -0.05) is 62.4 Å². The summed E-state index contributed by atoms with van der Waals surface area (Å²) in [6.07, 6.45) is 1.11. The normalized spacial score (nSPS) is 12.7. The summed E-state index contributed by atoms with van der Waals surface area (Å²) in [5.74, 6) is 0.671. The molecule has 100 valence electrons. The summed E-state index contributed by atoms with van der Waals surface area (Å²) in [5, 5.41) is 0. The number of nitrogens with two attached hydrogens (primary N) is 1. The van der Waals surface area contributed by atoms with Crippen molar-refractivity contribution in [1.29, 1.82) is 0 Å². The van der Waals surface area contributed by atoms with Crippen LogP contribution in [-0.4, -0.2) is 0 Å². The number of aryl methyl sites for hydroxylation is 1. The molecule has 0 aromatic heterocycles. The maximum absolute atomic E-state index is 6.42. The van der Waals surface area contributed by atoms with Crippen LogP contribution < -0.4 is 5.73 Å². The Morgan fingerprint density at radius 3 is 2.42 bits per heavy atom. The van der Waals surface area contributed by atoms with E-state index < -0.39 is 0 Å². The lowest BCUT2D eigenvalue weighted by molar-refractivity contribution is 0.646. The van der Waals surface area contributed by atoms with Gasteiger partial charge in [0.2, 0.25) is 0 Å². The van der Waals surface area contributed by atoms with Crippen molar-refractivity contribution in [3.63, 3.8) is 0 Å². The molecule has 2 rings (SSSR count). The zero-order valence-corrected chi connectivity index (χ0v) is 12.1. The van der Waals surface area contributed by atoms with Crippen LogP contribution in [0.4, 0.5) is 0 Å². The largest absolute Gasteiger partial charge is 0.320 e. The molecule has 1 atom stereocenters. The Kier molecular flexibility index (Phi) is 4.39. The fraction of sp³-hybridized carbons (Fsp3) is 0.333. The van der Waals surface area contributed by atoms with Crippen molar-refractivity contribution in [2.75, 3.05) is 0 Å². The monoisotopic (exact) mass is 253 g/mol. The van der Waals surface area contributed by atoms with Crippen LogP contribution in [0.1, 0.15) is 42.1 Å². The molecule has 19 heavy (non-hydrogen) atoms. The second-order valence-electron chi connectivity index (χ2n) is 5.68. The van der Waals surface area contributed by atoms with E-state index in [1.807, 2.05) is 0 Å². The summed E-state index contributed by atoms with van der Waals surface area (Å²) in [4.78, 5) is 0. The minimum absolute atomic E-state index is 0.0340. The SMILES string of the molecule is Cc1ccccc1C(N)c1cccc(CC(C)C)c1. The summed E-state index contributed by atoms with van der Waals surface area (Å²) < 4.78 is 0. The third-order valence-corrected chi connectivity index (χ3v) is 3.48. The average Bonchev–Trinajstić information content (AvgIpc) is 2.38. The molecule has 0 amide bonds. The third kappa shape index (κ3) is 3.45. The van der Waals surface area contributed by atoms with E-state index >= 15 is 0 Å². The molecular weight excluding hydrogens is 230 g/mol. The molecule has 2 aromatic rings. The van der Waals surface area contributed by atoms with Crippen LogP contribution in [0.3, 0.4) is 0 Å². The number of hydrogen-bond acceptors (Lipinski definition) is 1. The maximum atomic E-state index is 6.42. The topological polar surface area (TPSA) is 26.0 Å². The predicted octanol–water partition coefficient (Wildman–Crippen LogP) is 4.24. The van der Waals surface area contributed by atoms with Gasteiger partial charge in [-0.15, -0.1) is 0 Å². The van der Waals surface area contributed by atoms with Crippen LogP contribution in [0.5, 0.6) is 0 Å². The van der Waals surface area contributed by atoms with Crippen molar-refractivity contribution in [1.82, 2.24) is 0 Å². The standard InChI is InChI=1S/C18H23N/c1-13(2)11-15-8-6-9-16(12-15)18(19)17-10-5-4-7-14(17)3/h4-10,12-13,18H,11,19H2,1-3H3. The molecule has 0 fully saturated rings. The second kappa shape index (κ2) is 6.03. The molecule has 1 nitrogen and oxygen atoms in total. The molecule has 0 aliphatic carbocycles. The molecule has 1 heteroatoms. The van der Waals surface area contributed by atoms with Gasteiger partial charge in [0.1, 0.15) is 0 Å². The van der Waals surface area contributed by atoms with Gasteiger partial charge in [-0.05, 0) is 41.5 Å². The van der Waals surface area contributed by atoms with E-state index in [1.54, 1.807) is 0 Å². The van der Waals surface area contributed by atoms with E-state index in [9.17, 15) is 0 Å². The lowest BCUT2D eigenvalue weighted by Crippen LogP contribution is -2.13. The number of rotatable bonds is 4. The molecule has 0 saturated carbocycles. The highest BCUT2D eigenvalue weighted by Crippen LogP contribution is 2.23.